The number of anilines is 1. The number of nitrogens with zero attached hydrogens (tertiary/aromatic N) is 4. The first kappa shape index (κ1) is 22.4. The van der Waals surface area contributed by atoms with Gasteiger partial charge >= 0.3 is 0 Å². The van der Waals surface area contributed by atoms with Crippen molar-refractivity contribution in [3.05, 3.63) is 71.0 Å². The van der Waals surface area contributed by atoms with Gasteiger partial charge in [-0.25, -0.2) is 0 Å². The third kappa shape index (κ3) is 5.69. The highest BCUT2D eigenvalue weighted by atomic mass is 35.5. The summed E-state index contributed by atoms with van der Waals surface area (Å²) in [6.45, 7) is 0.612. The Morgan fingerprint density at radius 2 is 1.84 bits per heavy atom. The molecule has 1 aromatic heterocycles. The second-order valence-electron chi connectivity index (χ2n) is 7.75. The average molecular weight is 470 g/mol. The Bertz CT molecular complexity index is 1100. The van der Waals surface area contributed by atoms with Gasteiger partial charge in [0.2, 0.25) is 11.8 Å². The van der Waals surface area contributed by atoms with Crippen LogP contribution in [0.15, 0.2) is 59.8 Å². The topological polar surface area (TPSA) is 80.1 Å². The number of nitrogens with one attached hydrogen (secondary N) is 1. The molecule has 1 aliphatic rings. The Kier molecular flexibility index (Phi) is 7.12. The van der Waals surface area contributed by atoms with E-state index >= 15 is 0 Å². The first-order valence-corrected chi connectivity index (χ1v) is 11.8. The molecule has 0 spiro atoms. The van der Waals surface area contributed by atoms with Gasteiger partial charge in [-0.2, -0.15) is 0 Å². The van der Waals surface area contributed by atoms with Crippen molar-refractivity contribution in [3.8, 4) is 0 Å². The maximum atomic E-state index is 12.6. The van der Waals surface area contributed by atoms with Gasteiger partial charge in [-0.3, -0.25) is 9.59 Å². The molecule has 1 N–H and O–H groups in total. The number of rotatable bonds is 9. The van der Waals surface area contributed by atoms with Crippen LogP contribution in [-0.2, 0) is 16.1 Å². The molecule has 1 fully saturated rings. The van der Waals surface area contributed by atoms with Crippen LogP contribution in [-0.4, -0.2) is 50.8 Å². The van der Waals surface area contributed by atoms with Crippen LogP contribution >= 0.6 is 23.4 Å². The number of carbonyl (C=O) groups is 2. The average Bonchev–Trinajstić information content (AvgIpc) is 3.56. The monoisotopic (exact) mass is 469 g/mol. The van der Waals surface area contributed by atoms with Gasteiger partial charge in [0, 0.05) is 13.0 Å². The largest absolute Gasteiger partial charge is 0.336 e. The highest BCUT2D eigenvalue weighted by Gasteiger charge is 2.30. The predicted molar refractivity (Wildman–Crippen MR) is 126 cm³/mol. The zero-order chi connectivity index (χ0) is 22.5. The number of benzene rings is 2. The van der Waals surface area contributed by atoms with Crippen molar-refractivity contribution < 1.29 is 9.59 Å². The minimum Gasteiger partial charge on any atom is -0.336 e. The molecule has 166 valence electrons. The second kappa shape index (κ2) is 10.2. The molecule has 7 nitrogen and oxygen atoms in total. The van der Waals surface area contributed by atoms with Crippen LogP contribution in [0.25, 0.3) is 0 Å². The smallest absolute Gasteiger partial charge is 0.244 e. The fraction of sp³-hybridized carbons (Fsp3) is 0.304. The first-order valence-electron chi connectivity index (χ1n) is 10.4. The van der Waals surface area contributed by atoms with Crippen molar-refractivity contribution in [3.63, 3.8) is 0 Å². The number of hydrogen-bond donors (Lipinski definition) is 1. The maximum Gasteiger partial charge on any atom is 0.244 e. The summed E-state index contributed by atoms with van der Waals surface area (Å²) in [5.41, 5.74) is 1.69. The van der Waals surface area contributed by atoms with E-state index in [0.29, 0.717) is 23.2 Å². The summed E-state index contributed by atoms with van der Waals surface area (Å²) in [4.78, 5) is 26.3. The van der Waals surface area contributed by atoms with Gasteiger partial charge < -0.3 is 14.8 Å². The van der Waals surface area contributed by atoms with E-state index in [-0.39, 0.29) is 24.1 Å². The zero-order valence-electron chi connectivity index (χ0n) is 17.7. The number of para-hydroxylation sites is 1. The molecule has 0 radical (unpaired) electrons. The lowest BCUT2D eigenvalue weighted by molar-refractivity contribution is -0.131. The van der Waals surface area contributed by atoms with E-state index in [1.165, 1.54) is 16.7 Å². The van der Waals surface area contributed by atoms with E-state index in [2.05, 4.69) is 32.2 Å². The summed E-state index contributed by atoms with van der Waals surface area (Å²) < 4.78 is 2.11. The van der Waals surface area contributed by atoms with Crippen LogP contribution in [0.2, 0.25) is 5.02 Å². The molecule has 4 rings (SSSR count). The Hall–Kier alpha value is -2.84. The number of amides is 2. The van der Waals surface area contributed by atoms with E-state index in [1.54, 1.807) is 31.3 Å². The standard InChI is InChI=1S/C23H24ClN5O2S/c1-28(14-20(30)25-19-10-6-5-9-18(19)24)21(31)15-32-23-27-26-22(17-11-12-17)29(23)13-16-7-3-2-4-8-16/h2-10,17H,11-15H2,1H3,(H,25,30). The Balaban J connectivity index is 1.35. The van der Waals surface area contributed by atoms with Gasteiger partial charge in [-0.05, 0) is 30.5 Å². The van der Waals surface area contributed by atoms with Crippen LogP contribution in [0.5, 0.6) is 0 Å². The van der Waals surface area contributed by atoms with E-state index in [0.717, 1.165) is 29.4 Å². The molecular formula is C23H24ClN5O2S. The lowest BCUT2D eigenvalue weighted by Crippen LogP contribution is -2.36. The van der Waals surface area contributed by atoms with E-state index < -0.39 is 0 Å². The molecule has 1 heterocycles. The molecule has 1 saturated carbocycles. The number of aromatic nitrogens is 3. The van der Waals surface area contributed by atoms with E-state index in [1.807, 2.05) is 18.2 Å². The quantitative estimate of drug-likeness (QED) is 0.478. The van der Waals surface area contributed by atoms with Crippen molar-refractivity contribution in [2.45, 2.75) is 30.5 Å². The lowest BCUT2D eigenvalue weighted by atomic mass is 10.2. The zero-order valence-corrected chi connectivity index (χ0v) is 19.3. The Labute approximate surface area is 196 Å². The molecule has 0 saturated heterocycles. The van der Waals surface area contributed by atoms with Gasteiger partial charge in [0.1, 0.15) is 5.82 Å². The van der Waals surface area contributed by atoms with Crippen LogP contribution in [0.4, 0.5) is 5.69 Å². The van der Waals surface area contributed by atoms with Crippen LogP contribution < -0.4 is 5.32 Å². The summed E-state index contributed by atoms with van der Waals surface area (Å²) in [7, 11) is 1.61. The number of carbonyl (C=O) groups excluding carboxylic acids is 2. The van der Waals surface area contributed by atoms with E-state index in [9.17, 15) is 9.59 Å². The maximum absolute atomic E-state index is 12.6. The second-order valence-corrected chi connectivity index (χ2v) is 9.10. The Morgan fingerprint density at radius 1 is 1.12 bits per heavy atom. The molecule has 3 aromatic rings. The fourth-order valence-corrected chi connectivity index (χ4v) is 4.33. The summed E-state index contributed by atoms with van der Waals surface area (Å²) in [6, 6.07) is 17.1. The van der Waals surface area contributed by atoms with Crippen molar-refractivity contribution in [2.24, 2.45) is 0 Å². The summed E-state index contributed by atoms with van der Waals surface area (Å²) >= 11 is 7.42. The predicted octanol–water partition coefficient (Wildman–Crippen LogP) is 4.05. The number of thioether (sulfide) groups is 1. The SMILES string of the molecule is CN(CC(=O)Nc1ccccc1Cl)C(=O)CSc1nnc(C2CC2)n1Cc1ccccc1. The van der Waals surface area contributed by atoms with Crippen molar-refractivity contribution >= 4 is 40.9 Å². The molecular weight excluding hydrogens is 446 g/mol. The van der Waals surface area contributed by atoms with Crippen molar-refractivity contribution in [1.29, 1.82) is 0 Å². The highest BCUT2D eigenvalue weighted by molar-refractivity contribution is 7.99. The lowest BCUT2D eigenvalue weighted by Gasteiger charge is -2.17. The molecule has 0 atom stereocenters. The van der Waals surface area contributed by atoms with Gasteiger partial charge in [0.05, 0.1) is 29.6 Å². The third-order valence-electron chi connectivity index (χ3n) is 5.15. The van der Waals surface area contributed by atoms with Gasteiger partial charge in [-0.1, -0.05) is 65.8 Å². The molecule has 2 amide bonds. The summed E-state index contributed by atoms with van der Waals surface area (Å²) in [6.07, 6.45) is 2.25. The first-order chi connectivity index (χ1) is 15.5. The number of likely N-dealkylation sites (N-methyl/N-ethyl adjacent to an activating group) is 1. The van der Waals surface area contributed by atoms with Crippen LogP contribution in [0.3, 0.4) is 0 Å². The van der Waals surface area contributed by atoms with Crippen molar-refractivity contribution in [2.75, 3.05) is 24.7 Å². The molecule has 0 aliphatic heterocycles. The normalized spacial score (nSPS) is 13.1. The molecule has 32 heavy (non-hydrogen) atoms. The fourth-order valence-electron chi connectivity index (χ4n) is 3.26. The summed E-state index contributed by atoms with van der Waals surface area (Å²) in [5.74, 6) is 1.14. The van der Waals surface area contributed by atoms with E-state index in [4.69, 9.17) is 11.6 Å². The Morgan fingerprint density at radius 3 is 2.56 bits per heavy atom. The van der Waals surface area contributed by atoms with Gasteiger partial charge in [-0.15, -0.1) is 10.2 Å². The number of halogens is 1. The minimum absolute atomic E-state index is 0.0609. The van der Waals surface area contributed by atoms with Gasteiger partial charge in [0.15, 0.2) is 5.16 Å². The highest BCUT2D eigenvalue weighted by Crippen LogP contribution is 2.40. The van der Waals surface area contributed by atoms with Crippen molar-refractivity contribution in [1.82, 2.24) is 19.7 Å². The van der Waals surface area contributed by atoms with Crippen LogP contribution in [0, 0.1) is 0 Å². The molecule has 0 bridgehead atoms. The number of hydrogen-bond acceptors (Lipinski definition) is 5. The molecule has 2 aromatic carbocycles. The molecule has 1 aliphatic carbocycles. The molecule has 0 unspecified atom stereocenters. The minimum atomic E-state index is -0.304. The van der Waals surface area contributed by atoms with Gasteiger partial charge in [0.25, 0.3) is 0 Å². The molecule has 9 heteroatoms. The van der Waals surface area contributed by atoms with Crippen LogP contribution in [0.1, 0.15) is 30.1 Å². The summed E-state index contributed by atoms with van der Waals surface area (Å²) in [5, 5.41) is 12.6. The third-order valence-corrected chi connectivity index (χ3v) is 6.43.